The summed E-state index contributed by atoms with van der Waals surface area (Å²) < 4.78 is 6.03. The van der Waals surface area contributed by atoms with Crippen LogP contribution in [0.2, 0.25) is 0 Å². The number of hydrogen-bond donors (Lipinski definition) is 0. The van der Waals surface area contributed by atoms with Gasteiger partial charge >= 0.3 is 0 Å². The molecule has 3 rings (SSSR count). The van der Waals surface area contributed by atoms with Crippen molar-refractivity contribution in [2.75, 3.05) is 0 Å². The number of thioether (sulfide) groups is 1. The van der Waals surface area contributed by atoms with Gasteiger partial charge < -0.3 is 4.74 Å². The summed E-state index contributed by atoms with van der Waals surface area (Å²) in [5.74, 6) is 0.832. The molecule has 1 unspecified atom stereocenters. The standard InChI is InChI=1S/C17H16O2S/c1-17(2)16(20-12-8-4-3-5-9-12)15(18)13-10-6-7-11-14(13)19-17/h3-11,16H,1-2H3. The van der Waals surface area contributed by atoms with Crippen molar-refractivity contribution in [2.24, 2.45) is 0 Å². The normalized spacial score (nSPS) is 20.1. The van der Waals surface area contributed by atoms with Crippen LogP contribution in [0.3, 0.4) is 0 Å². The van der Waals surface area contributed by atoms with Gasteiger partial charge in [-0.3, -0.25) is 4.79 Å². The van der Waals surface area contributed by atoms with Gasteiger partial charge in [0.05, 0.1) is 5.56 Å². The first kappa shape index (κ1) is 13.3. The monoisotopic (exact) mass is 284 g/mol. The summed E-state index contributed by atoms with van der Waals surface area (Å²) >= 11 is 1.57. The molecule has 0 N–H and O–H groups in total. The van der Waals surface area contributed by atoms with Gasteiger partial charge in [-0.1, -0.05) is 30.3 Å². The van der Waals surface area contributed by atoms with Crippen LogP contribution in [0, 0.1) is 0 Å². The Hall–Kier alpha value is -1.74. The zero-order valence-corrected chi connectivity index (χ0v) is 12.3. The average molecular weight is 284 g/mol. The van der Waals surface area contributed by atoms with Crippen molar-refractivity contribution in [3.63, 3.8) is 0 Å². The van der Waals surface area contributed by atoms with Crippen LogP contribution in [0.25, 0.3) is 0 Å². The van der Waals surface area contributed by atoms with Crippen LogP contribution < -0.4 is 4.74 Å². The van der Waals surface area contributed by atoms with Crippen LogP contribution in [-0.2, 0) is 0 Å². The molecule has 1 aliphatic rings. The van der Waals surface area contributed by atoms with E-state index in [0.717, 1.165) is 4.90 Å². The van der Waals surface area contributed by atoms with Crippen LogP contribution in [0.5, 0.6) is 5.75 Å². The summed E-state index contributed by atoms with van der Waals surface area (Å²) in [6.07, 6.45) is 0. The van der Waals surface area contributed by atoms with Crippen LogP contribution in [-0.4, -0.2) is 16.6 Å². The lowest BCUT2D eigenvalue weighted by Crippen LogP contribution is -2.48. The number of carbonyl (C=O) groups is 1. The van der Waals surface area contributed by atoms with Gasteiger partial charge in [0.1, 0.15) is 16.6 Å². The minimum atomic E-state index is -0.522. The predicted molar refractivity (Wildman–Crippen MR) is 81.6 cm³/mol. The first-order valence-electron chi connectivity index (χ1n) is 6.62. The molecule has 0 amide bonds. The highest BCUT2D eigenvalue weighted by molar-refractivity contribution is 8.00. The second kappa shape index (κ2) is 4.98. The van der Waals surface area contributed by atoms with Crippen molar-refractivity contribution < 1.29 is 9.53 Å². The molecule has 2 aromatic rings. The van der Waals surface area contributed by atoms with E-state index in [-0.39, 0.29) is 11.0 Å². The molecule has 1 aliphatic heterocycles. The third-order valence-corrected chi connectivity index (χ3v) is 4.95. The number of Topliss-reactive ketones (excluding diaryl/α,β-unsaturated/α-hetero) is 1. The Balaban J connectivity index is 1.97. The Labute approximate surface area is 123 Å². The third-order valence-electron chi connectivity index (χ3n) is 3.39. The molecular formula is C17H16O2S. The Morgan fingerprint density at radius 1 is 1.00 bits per heavy atom. The molecule has 0 aliphatic carbocycles. The lowest BCUT2D eigenvalue weighted by molar-refractivity contribution is 0.0657. The van der Waals surface area contributed by atoms with Gasteiger partial charge in [0.25, 0.3) is 0 Å². The summed E-state index contributed by atoms with van der Waals surface area (Å²) in [5, 5.41) is -0.236. The maximum Gasteiger partial charge on any atom is 0.183 e. The van der Waals surface area contributed by atoms with E-state index in [1.807, 2.05) is 68.4 Å². The highest BCUT2D eigenvalue weighted by Gasteiger charge is 2.43. The highest BCUT2D eigenvalue weighted by Crippen LogP contribution is 2.41. The molecule has 0 spiro atoms. The van der Waals surface area contributed by atoms with E-state index in [1.54, 1.807) is 11.8 Å². The molecule has 1 heterocycles. The van der Waals surface area contributed by atoms with Gasteiger partial charge in [-0.25, -0.2) is 0 Å². The fourth-order valence-electron chi connectivity index (χ4n) is 2.38. The molecule has 0 saturated heterocycles. The predicted octanol–water partition coefficient (Wildman–Crippen LogP) is 4.20. The molecule has 1 atom stereocenters. The summed E-state index contributed by atoms with van der Waals surface area (Å²) in [6.45, 7) is 3.95. The molecule has 20 heavy (non-hydrogen) atoms. The zero-order valence-electron chi connectivity index (χ0n) is 11.5. The topological polar surface area (TPSA) is 26.3 Å². The minimum Gasteiger partial charge on any atom is -0.485 e. The lowest BCUT2D eigenvalue weighted by atomic mass is 9.92. The van der Waals surface area contributed by atoms with Crippen LogP contribution in [0.1, 0.15) is 24.2 Å². The number of fused-ring (bicyclic) bond motifs is 1. The maximum absolute atomic E-state index is 12.7. The number of carbonyl (C=O) groups excluding carboxylic acids is 1. The molecule has 0 fully saturated rings. The Morgan fingerprint density at radius 3 is 2.40 bits per heavy atom. The number of para-hydroxylation sites is 1. The van der Waals surface area contributed by atoms with Gasteiger partial charge in [-0.05, 0) is 38.1 Å². The quantitative estimate of drug-likeness (QED) is 0.826. The first-order chi connectivity index (χ1) is 9.58. The molecule has 0 bridgehead atoms. The average Bonchev–Trinajstić information content (AvgIpc) is 2.44. The van der Waals surface area contributed by atoms with Crippen molar-refractivity contribution in [1.29, 1.82) is 0 Å². The molecule has 2 nitrogen and oxygen atoms in total. The number of rotatable bonds is 2. The van der Waals surface area contributed by atoms with E-state index in [2.05, 4.69) is 0 Å². The summed E-state index contributed by atoms with van der Waals surface area (Å²) in [6, 6.07) is 17.5. The molecular weight excluding hydrogens is 268 g/mol. The Kier molecular flexibility index (Phi) is 3.30. The number of benzene rings is 2. The van der Waals surface area contributed by atoms with Crippen molar-refractivity contribution >= 4 is 17.5 Å². The van der Waals surface area contributed by atoms with Crippen LogP contribution >= 0.6 is 11.8 Å². The largest absolute Gasteiger partial charge is 0.485 e. The summed E-state index contributed by atoms with van der Waals surface area (Å²) in [4.78, 5) is 13.8. The minimum absolute atomic E-state index is 0.144. The first-order valence-corrected chi connectivity index (χ1v) is 7.50. The zero-order chi connectivity index (χ0) is 14.2. The van der Waals surface area contributed by atoms with Gasteiger partial charge in [-0.15, -0.1) is 11.8 Å². The molecule has 3 heteroatoms. The number of ether oxygens (including phenoxy) is 1. The summed E-state index contributed by atoms with van der Waals surface area (Å²) in [5.41, 5.74) is 0.159. The van der Waals surface area contributed by atoms with Gasteiger partial charge in [-0.2, -0.15) is 0 Å². The summed E-state index contributed by atoms with van der Waals surface area (Å²) in [7, 11) is 0. The lowest BCUT2D eigenvalue weighted by Gasteiger charge is -2.38. The van der Waals surface area contributed by atoms with Gasteiger partial charge in [0.2, 0.25) is 0 Å². The van der Waals surface area contributed by atoms with Crippen molar-refractivity contribution in [3.05, 3.63) is 60.2 Å². The smallest absolute Gasteiger partial charge is 0.183 e. The van der Waals surface area contributed by atoms with E-state index in [4.69, 9.17) is 4.74 Å². The fraction of sp³-hybridized carbons (Fsp3) is 0.235. The Morgan fingerprint density at radius 2 is 1.65 bits per heavy atom. The molecule has 2 aromatic carbocycles. The Bertz CT molecular complexity index is 634. The van der Waals surface area contributed by atoms with E-state index >= 15 is 0 Å². The van der Waals surface area contributed by atoms with E-state index in [1.165, 1.54) is 0 Å². The maximum atomic E-state index is 12.7. The molecule has 0 radical (unpaired) electrons. The second-order valence-corrected chi connectivity index (χ2v) is 6.56. The SMILES string of the molecule is CC1(C)Oc2ccccc2C(=O)C1Sc1ccccc1. The molecule has 0 aromatic heterocycles. The van der Waals surface area contributed by atoms with E-state index < -0.39 is 5.60 Å². The van der Waals surface area contributed by atoms with Gasteiger partial charge in [0.15, 0.2) is 5.78 Å². The van der Waals surface area contributed by atoms with E-state index in [0.29, 0.717) is 11.3 Å². The highest BCUT2D eigenvalue weighted by atomic mass is 32.2. The number of hydrogen-bond acceptors (Lipinski definition) is 3. The van der Waals surface area contributed by atoms with Crippen molar-refractivity contribution in [1.82, 2.24) is 0 Å². The van der Waals surface area contributed by atoms with Crippen LogP contribution in [0.15, 0.2) is 59.5 Å². The van der Waals surface area contributed by atoms with Crippen molar-refractivity contribution in [3.8, 4) is 5.75 Å². The van der Waals surface area contributed by atoms with Crippen LogP contribution in [0.4, 0.5) is 0 Å². The van der Waals surface area contributed by atoms with E-state index in [9.17, 15) is 4.79 Å². The second-order valence-electron chi connectivity index (χ2n) is 5.38. The number of ketones is 1. The molecule has 102 valence electrons. The third kappa shape index (κ3) is 2.34. The fourth-order valence-corrected chi connectivity index (χ4v) is 3.54. The van der Waals surface area contributed by atoms with Gasteiger partial charge in [0, 0.05) is 4.90 Å². The molecule has 0 saturated carbocycles. The van der Waals surface area contributed by atoms with Crippen molar-refractivity contribution in [2.45, 2.75) is 29.6 Å².